The Morgan fingerprint density at radius 1 is 1.20 bits per heavy atom. The number of rotatable bonds is 8. The lowest BCUT2D eigenvalue weighted by Gasteiger charge is -2.19. The SMILES string of the molecule is CCC(CC(=O)NCC(O)C(C)CC)c1ccccc1. The normalized spacial score (nSPS) is 15.4. The first-order valence-electron chi connectivity index (χ1n) is 7.58. The van der Waals surface area contributed by atoms with E-state index in [0.717, 1.165) is 12.8 Å². The Labute approximate surface area is 122 Å². The maximum absolute atomic E-state index is 12.0. The summed E-state index contributed by atoms with van der Waals surface area (Å²) in [5, 5.41) is 12.7. The van der Waals surface area contributed by atoms with Crippen molar-refractivity contribution in [3.8, 4) is 0 Å². The number of aliphatic hydroxyl groups excluding tert-OH is 1. The minimum absolute atomic E-state index is 0.0167. The highest BCUT2D eigenvalue weighted by Gasteiger charge is 2.16. The number of hydrogen-bond donors (Lipinski definition) is 2. The predicted molar refractivity (Wildman–Crippen MR) is 82.6 cm³/mol. The number of nitrogens with one attached hydrogen (secondary N) is 1. The number of carbonyl (C=O) groups excluding carboxylic acids is 1. The molecule has 3 nitrogen and oxygen atoms in total. The van der Waals surface area contributed by atoms with Gasteiger partial charge in [0, 0.05) is 13.0 Å². The fourth-order valence-electron chi connectivity index (χ4n) is 2.21. The maximum atomic E-state index is 12.0. The summed E-state index contributed by atoms with van der Waals surface area (Å²) in [7, 11) is 0. The van der Waals surface area contributed by atoms with E-state index in [9.17, 15) is 9.90 Å². The summed E-state index contributed by atoms with van der Waals surface area (Å²) in [6.45, 7) is 6.48. The van der Waals surface area contributed by atoms with Gasteiger partial charge in [0.1, 0.15) is 0 Å². The fraction of sp³-hybridized carbons (Fsp3) is 0.588. The van der Waals surface area contributed by atoms with Crippen LogP contribution in [0, 0.1) is 5.92 Å². The van der Waals surface area contributed by atoms with E-state index in [2.05, 4.69) is 24.4 Å². The Morgan fingerprint density at radius 3 is 2.40 bits per heavy atom. The number of aliphatic hydroxyl groups is 1. The van der Waals surface area contributed by atoms with E-state index in [0.29, 0.717) is 13.0 Å². The number of hydrogen-bond acceptors (Lipinski definition) is 2. The smallest absolute Gasteiger partial charge is 0.220 e. The lowest BCUT2D eigenvalue weighted by Crippen LogP contribution is -2.35. The third-order valence-electron chi connectivity index (χ3n) is 4.00. The Bertz CT molecular complexity index is 391. The fourth-order valence-corrected chi connectivity index (χ4v) is 2.21. The van der Waals surface area contributed by atoms with Gasteiger partial charge in [0.2, 0.25) is 5.91 Å². The van der Waals surface area contributed by atoms with Crippen LogP contribution in [0.25, 0.3) is 0 Å². The molecular formula is C17H27NO2. The molecule has 0 aliphatic rings. The van der Waals surface area contributed by atoms with Gasteiger partial charge in [-0.1, -0.05) is 57.5 Å². The van der Waals surface area contributed by atoms with Crippen LogP contribution in [0.5, 0.6) is 0 Å². The van der Waals surface area contributed by atoms with Gasteiger partial charge >= 0.3 is 0 Å². The number of benzene rings is 1. The van der Waals surface area contributed by atoms with Gasteiger partial charge in [0.15, 0.2) is 0 Å². The second-order valence-corrected chi connectivity index (χ2v) is 5.48. The second kappa shape index (κ2) is 8.75. The van der Waals surface area contributed by atoms with Gasteiger partial charge in [-0.3, -0.25) is 4.79 Å². The average Bonchev–Trinajstić information content (AvgIpc) is 2.50. The van der Waals surface area contributed by atoms with Crippen LogP contribution in [0.3, 0.4) is 0 Å². The van der Waals surface area contributed by atoms with E-state index >= 15 is 0 Å². The molecule has 0 radical (unpaired) electrons. The van der Waals surface area contributed by atoms with Crippen molar-refractivity contribution in [2.24, 2.45) is 5.92 Å². The maximum Gasteiger partial charge on any atom is 0.220 e. The zero-order valence-corrected chi connectivity index (χ0v) is 12.8. The van der Waals surface area contributed by atoms with Crippen molar-refractivity contribution in [2.75, 3.05) is 6.54 Å². The van der Waals surface area contributed by atoms with Crippen molar-refractivity contribution in [1.29, 1.82) is 0 Å². The van der Waals surface area contributed by atoms with Crippen molar-refractivity contribution in [1.82, 2.24) is 5.32 Å². The van der Waals surface area contributed by atoms with Crippen molar-refractivity contribution >= 4 is 5.91 Å². The van der Waals surface area contributed by atoms with E-state index in [1.54, 1.807) is 0 Å². The van der Waals surface area contributed by atoms with Crippen molar-refractivity contribution in [3.63, 3.8) is 0 Å². The van der Waals surface area contributed by atoms with Crippen LogP contribution in [0.2, 0.25) is 0 Å². The molecule has 3 atom stereocenters. The zero-order chi connectivity index (χ0) is 15.0. The molecule has 1 rings (SSSR count). The second-order valence-electron chi connectivity index (χ2n) is 5.48. The highest BCUT2D eigenvalue weighted by atomic mass is 16.3. The summed E-state index contributed by atoms with van der Waals surface area (Å²) in [5.41, 5.74) is 1.20. The van der Waals surface area contributed by atoms with Gasteiger partial charge in [-0.25, -0.2) is 0 Å². The topological polar surface area (TPSA) is 49.3 Å². The molecule has 3 heteroatoms. The summed E-state index contributed by atoms with van der Waals surface area (Å²) in [6, 6.07) is 10.1. The number of amides is 1. The zero-order valence-electron chi connectivity index (χ0n) is 12.8. The molecule has 0 saturated carbocycles. The van der Waals surface area contributed by atoms with E-state index in [4.69, 9.17) is 0 Å². The van der Waals surface area contributed by atoms with Crippen LogP contribution < -0.4 is 5.32 Å². The van der Waals surface area contributed by atoms with Crippen molar-refractivity contribution in [3.05, 3.63) is 35.9 Å². The van der Waals surface area contributed by atoms with Gasteiger partial charge in [-0.05, 0) is 23.8 Å². The number of carbonyl (C=O) groups is 1. The van der Waals surface area contributed by atoms with E-state index in [1.165, 1.54) is 5.56 Å². The monoisotopic (exact) mass is 277 g/mol. The lowest BCUT2D eigenvalue weighted by atomic mass is 9.93. The Kier molecular flexibility index (Phi) is 7.31. The molecule has 20 heavy (non-hydrogen) atoms. The first-order chi connectivity index (χ1) is 9.58. The molecular weight excluding hydrogens is 250 g/mol. The minimum atomic E-state index is -0.458. The van der Waals surface area contributed by atoms with Crippen LogP contribution >= 0.6 is 0 Å². The van der Waals surface area contributed by atoms with Gasteiger partial charge in [0.25, 0.3) is 0 Å². The summed E-state index contributed by atoms with van der Waals surface area (Å²) < 4.78 is 0. The van der Waals surface area contributed by atoms with Crippen LogP contribution in [0.15, 0.2) is 30.3 Å². The molecule has 0 spiro atoms. The molecule has 0 aliphatic heterocycles. The molecule has 112 valence electrons. The van der Waals surface area contributed by atoms with E-state index in [1.807, 2.05) is 32.0 Å². The van der Waals surface area contributed by atoms with Crippen LogP contribution in [0.4, 0.5) is 0 Å². The summed E-state index contributed by atoms with van der Waals surface area (Å²) >= 11 is 0. The standard InChI is InChI=1S/C17H27NO2/c1-4-13(3)16(19)12-18-17(20)11-14(5-2)15-9-7-6-8-10-15/h6-10,13-14,16,19H,4-5,11-12H2,1-3H3,(H,18,20). The van der Waals surface area contributed by atoms with Gasteiger partial charge < -0.3 is 10.4 Å². The third kappa shape index (κ3) is 5.33. The first kappa shape index (κ1) is 16.7. The Balaban J connectivity index is 2.44. The molecule has 3 unspecified atom stereocenters. The molecule has 1 aromatic rings. The summed E-state index contributed by atoms with van der Waals surface area (Å²) in [5.74, 6) is 0.478. The molecule has 0 fully saturated rings. The highest BCUT2D eigenvalue weighted by molar-refractivity contribution is 5.76. The average molecular weight is 277 g/mol. The molecule has 0 bridgehead atoms. The quantitative estimate of drug-likeness (QED) is 0.767. The largest absolute Gasteiger partial charge is 0.391 e. The molecule has 0 heterocycles. The van der Waals surface area contributed by atoms with Gasteiger partial charge in [-0.15, -0.1) is 0 Å². The van der Waals surface area contributed by atoms with E-state index in [-0.39, 0.29) is 17.7 Å². The molecule has 0 aromatic heterocycles. The van der Waals surface area contributed by atoms with Crippen LogP contribution in [-0.4, -0.2) is 23.7 Å². The van der Waals surface area contributed by atoms with Gasteiger partial charge in [-0.2, -0.15) is 0 Å². The van der Waals surface area contributed by atoms with Gasteiger partial charge in [0.05, 0.1) is 6.10 Å². The Hall–Kier alpha value is -1.35. The van der Waals surface area contributed by atoms with Crippen molar-refractivity contribution < 1.29 is 9.90 Å². The molecule has 0 saturated heterocycles. The Morgan fingerprint density at radius 2 is 1.85 bits per heavy atom. The minimum Gasteiger partial charge on any atom is -0.391 e. The molecule has 0 aliphatic carbocycles. The molecule has 1 amide bonds. The van der Waals surface area contributed by atoms with Crippen LogP contribution in [-0.2, 0) is 4.79 Å². The highest BCUT2D eigenvalue weighted by Crippen LogP contribution is 2.22. The first-order valence-corrected chi connectivity index (χ1v) is 7.58. The van der Waals surface area contributed by atoms with Crippen molar-refractivity contribution in [2.45, 2.75) is 52.1 Å². The lowest BCUT2D eigenvalue weighted by molar-refractivity contribution is -0.122. The van der Waals surface area contributed by atoms with Crippen LogP contribution in [0.1, 0.15) is 51.5 Å². The summed E-state index contributed by atoms with van der Waals surface area (Å²) in [4.78, 5) is 12.0. The summed E-state index contributed by atoms with van der Waals surface area (Å²) in [6.07, 6.45) is 1.87. The predicted octanol–water partition coefficient (Wildman–Crippen LogP) is 3.09. The third-order valence-corrected chi connectivity index (χ3v) is 4.00. The molecule has 2 N–H and O–H groups in total. The van der Waals surface area contributed by atoms with E-state index < -0.39 is 6.10 Å². The molecule has 1 aromatic carbocycles.